The Hall–Kier alpha value is -2.55. The molecule has 0 aromatic carbocycles. The minimum atomic E-state index is -4.65. The van der Waals surface area contributed by atoms with E-state index in [0.717, 1.165) is 51.4 Å². The molecule has 0 aliphatic carbocycles. The summed E-state index contributed by atoms with van der Waals surface area (Å²) in [4.78, 5) is 37.5. The molecule has 0 aliphatic heterocycles. The lowest BCUT2D eigenvalue weighted by Gasteiger charge is -2.28. The lowest BCUT2D eigenvalue weighted by molar-refractivity contribution is -0.870. The van der Waals surface area contributed by atoms with Gasteiger partial charge < -0.3 is 27.9 Å². The first-order valence-electron chi connectivity index (χ1n) is 23.6. The van der Waals surface area contributed by atoms with Crippen molar-refractivity contribution < 1.29 is 42.1 Å². The second-order valence-corrected chi connectivity index (χ2v) is 18.1. The monoisotopic (exact) mass is 862 g/mol. The molecular formula is C50H88NO8P. The fourth-order valence-electron chi connectivity index (χ4n) is 6.05. The summed E-state index contributed by atoms with van der Waals surface area (Å²) in [5, 5.41) is 0. The first-order valence-corrected chi connectivity index (χ1v) is 25.1. The second-order valence-electron chi connectivity index (χ2n) is 16.7. The number of hydrogen-bond acceptors (Lipinski definition) is 8. The summed E-state index contributed by atoms with van der Waals surface area (Å²) in [6, 6.07) is 0. The highest BCUT2D eigenvalue weighted by atomic mass is 31.2. The molecule has 0 bridgehead atoms. The number of carbonyl (C=O) groups excluding carboxylic acids is 2. The molecule has 2 atom stereocenters. The fraction of sp³-hybridized carbons (Fsp3) is 0.720. The second kappa shape index (κ2) is 41.8. The number of phosphoric acid groups is 1. The maximum atomic E-state index is 12.6. The quantitative estimate of drug-likeness (QED) is 0.0196. The van der Waals surface area contributed by atoms with Gasteiger partial charge in [-0.2, -0.15) is 0 Å². The van der Waals surface area contributed by atoms with Gasteiger partial charge in [0.05, 0.1) is 27.7 Å². The van der Waals surface area contributed by atoms with Crippen molar-refractivity contribution in [1.29, 1.82) is 0 Å². The molecule has 2 unspecified atom stereocenters. The molecule has 60 heavy (non-hydrogen) atoms. The Bertz CT molecular complexity index is 1250. The molecule has 0 saturated heterocycles. The number of hydrogen-bond donors (Lipinski definition) is 0. The summed E-state index contributed by atoms with van der Waals surface area (Å²) in [5.41, 5.74) is 0. The highest BCUT2D eigenvalue weighted by molar-refractivity contribution is 7.45. The van der Waals surface area contributed by atoms with Crippen LogP contribution in [0.4, 0.5) is 0 Å². The van der Waals surface area contributed by atoms with Crippen LogP contribution >= 0.6 is 7.82 Å². The number of unbranched alkanes of at least 4 members (excludes halogenated alkanes) is 16. The van der Waals surface area contributed by atoms with Crippen molar-refractivity contribution in [1.82, 2.24) is 0 Å². The molecule has 0 saturated carbocycles. The number of phosphoric ester groups is 1. The molecule has 9 nitrogen and oxygen atoms in total. The van der Waals surface area contributed by atoms with E-state index in [9.17, 15) is 19.0 Å². The van der Waals surface area contributed by atoms with Gasteiger partial charge in [0.1, 0.15) is 19.8 Å². The van der Waals surface area contributed by atoms with Crippen LogP contribution in [-0.4, -0.2) is 70.0 Å². The minimum Gasteiger partial charge on any atom is -0.756 e. The summed E-state index contributed by atoms with van der Waals surface area (Å²) in [5.74, 6) is -0.935. The fourth-order valence-corrected chi connectivity index (χ4v) is 6.78. The van der Waals surface area contributed by atoms with E-state index in [4.69, 9.17) is 18.5 Å². The SMILES string of the molecule is CC/C=C\C/C=C\C/C=C\C/C=C\CCC(=O)OC(COC(=O)CCCCCCCCCCCCC/C=C\C/C=C\CCCCCCC)COP(=O)([O-])OCC[N+](C)(C)C. The molecule has 0 aromatic heterocycles. The van der Waals surface area contributed by atoms with Crippen LogP contribution in [0.1, 0.15) is 181 Å². The Morgan fingerprint density at radius 1 is 0.533 bits per heavy atom. The van der Waals surface area contributed by atoms with E-state index in [1.54, 1.807) is 0 Å². The number of quaternary nitrogens is 1. The van der Waals surface area contributed by atoms with Gasteiger partial charge in [-0.05, 0) is 70.6 Å². The highest BCUT2D eigenvalue weighted by Crippen LogP contribution is 2.38. The molecule has 0 heterocycles. The Morgan fingerprint density at radius 3 is 1.48 bits per heavy atom. The van der Waals surface area contributed by atoms with Crippen molar-refractivity contribution in [3.63, 3.8) is 0 Å². The third-order valence-electron chi connectivity index (χ3n) is 9.72. The molecule has 0 spiro atoms. The largest absolute Gasteiger partial charge is 0.756 e. The van der Waals surface area contributed by atoms with Crippen LogP contribution < -0.4 is 4.89 Å². The van der Waals surface area contributed by atoms with Gasteiger partial charge >= 0.3 is 11.9 Å². The third-order valence-corrected chi connectivity index (χ3v) is 10.7. The van der Waals surface area contributed by atoms with Crippen molar-refractivity contribution in [3.8, 4) is 0 Å². The maximum absolute atomic E-state index is 12.6. The molecule has 0 N–H and O–H groups in total. The number of carbonyl (C=O) groups is 2. The standard InChI is InChI=1S/C50H88NO8P/c1-6-8-10-12-14-16-18-20-21-22-23-24-25-26-27-28-29-31-32-34-36-38-40-42-49(52)56-46-48(47-58-60(54,55)57-45-44-51(3,4)5)59-50(53)43-41-39-37-35-33-30-19-17-15-13-11-9-7-2/h9,11,15,17-18,20,22-23,30,33,37,39,48H,6-8,10,12-14,16,19,21,24-29,31-32,34-36,38,40-47H2,1-5H3/b11-9-,17-15-,20-18-,23-22-,33-30-,39-37-. The number of esters is 2. The highest BCUT2D eigenvalue weighted by Gasteiger charge is 2.21. The van der Waals surface area contributed by atoms with Gasteiger partial charge in [0.2, 0.25) is 0 Å². The van der Waals surface area contributed by atoms with Gasteiger partial charge in [0.25, 0.3) is 7.82 Å². The average molecular weight is 862 g/mol. The van der Waals surface area contributed by atoms with Crippen molar-refractivity contribution in [2.45, 2.75) is 187 Å². The molecule has 0 radical (unpaired) electrons. The zero-order chi connectivity index (χ0) is 44.3. The van der Waals surface area contributed by atoms with Gasteiger partial charge in [-0.15, -0.1) is 0 Å². The van der Waals surface area contributed by atoms with Gasteiger partial charge in [-0.1, -0.05) is 170 Å². The molecule has 346 valence electrons. The Morgan fingerprint density at radius 2 is 0.983 bits per heavy atom. The molecule has 10 heteroatoms. The lowest BCUT2D eigenvalue weighted by Crippen LogP contribution is -2.37. The molecule has 0 rings (SSSR count). The normalized spacial score (nSPS) is 14.2. The minimum absolute atomic E-state index is 0.0467. The summed E-state index contributed by atoms with van der Waals surface area (Å²) in [7, 11) is 1.11. The van der Waals surface area contributed by atoms with E-state index in [-0.39, 0.29) is 26.1 Å². The molecule has 0 amide bonds. The Labute approximate surface area is 368 Å². The summed E-state index contributed by atoms with van der Waals surface area (Å²) >= 11 is 0. The molecule has 0 aromatic rings. The number of likely N-dealkylation sites (N-methyl/N-ethyl adjacent to an activating group) is 1. The number of ether oxygens (including phenoxy) is 2. The van der Waals surface area contributed by atoms with E-state index in [1.165, 1.54) is 89.9 Å². The van der Waals surface area contributed by atoms with Crippen LogP contribution in [0, 0.1) is 0 Å². The van der Waals surface area contributed by atoms with E-state index >= 15 is 0 Å². The maximum Gasteiger partial charge on any atom is 0.306 e. The summed E-state index contributed by atoms with van der Waals surface area (Å²) < 4.78 is 33.8. The first kappa shape index (κ1) is 57.4. The Balaban J connectivity index is 4.30. The predicted octanol–water partition coefficient (Wildman–Crippen LogP) is 13.2. The van der Waals surface area contributed by atoms with Gasteiger partial charge in [-0.25, -0.2) is 0 Å². The van der Waals surface area contributed by atoms with Crippen LogP contribution in [-0.2, 0) is 32.7 Å². The van der Waals surface area contributed by atoms with Crippen molar-refractivity contribution in [2.75, 3.05) is 47.5 Å². The average Bonchev–Trinajstić information content (AvgIpc) is 3.20. The predicted molar refractivity (Wildman–Crippen MR) is 249 cm³/mol. The summed E-state index contributed by atoms with van der Waals surface area (Å²) in [6.45, 7) is 4.01. The lowest BCUT2D eigenvalue weighted by atomic mass is 10.0. The van der Waals surface area contributed by atoms with Gasteiger partial charge in [-0.3, -0.25) is 14.2 Å². The topological polar surface area (TPSA) is 111 Å². The van der Waals surface area contributed by atoms with Crippen LogP contribution in [0.25, 0.3) is 0 Å². The van der Waals surface area contributed by atoms with E-state index in [1.807, 2.05) is 33.3 Å². The molecule has 0 fully saturated rings. The molecular weight excluding hydrogens is 774 g/mol. The van der Waals surface area contributed by atoms with Crippen LogP contribution in [0.3, 0.4) is 0 Å². The van der Waals surface area contributed by atoms with Crippen molar-refractivity contribution in [2.24, 2.45) is 0 Å². The van der Waals surface area contributed by atoms with E-state index in [0.29, 0.717) is 23.9 Å². The van der Waals surface area contributed by atoms with Crippen LogP contribution in [0.2, 0.25) is 0 Å². The number of nitrogens with zero attached hydrogens (tertiary/aromatic N) is 1. The summed E-state index contributed by atoms with van der Waals surface area (Å²) in [6.07, 6.45) is 52.4. The number of allylic oxidation sites excluding steroid dienone is 12. The van der Waals surface area contributed by atoms with Crippen molar-refractivity contribution >= 4 is 19.8 Å². The zero-order valence-electron chi connectivity index (χ0n) is 38.9. The van der Waals surface area contributed by atoms with Crippen LogP contribution in [0.5, 0.6) is 0 Å². The van der Waals surface area contributed by atoms with Gasteiger partial charge in [0, 0.05) is 12.8 Å². The third kappa shape index (κ3) is 45.0. The van der Waals surface area contributed by atoms with E-state index < -0.39 is 32.5 Å². The molecule has 0 aliphatic rings. The van der Waals surface area contributed by atoms with E-state index in [2.05, 4.69) is 74.6 Å². The first-order chi connectivity index (χ1) is 29.0. The van der Waals surface area contributed by atoms with Crippen LogP contribution in [0.15, 0.2) is 72.9 Å². The van der Waals surface area contributed by atoms with Crippen molar-refractivity contribution in [3.05, 3.63) is 72.9 Å². The van der Waals surface area contributed by atoms with Gasteiger partial charge in [0.15, 0.2) is 6.10 Å². The number of rotatable bonds is 42. The smallest absolute Gasteiger partial charge is 0.306 e. The Kier molecular flexibility index (Phi) is 40.0. The zero-order valence-corrected chi connectivity index (χ0v) is 39.8.